The second-order valence-electron chi connectivity index (χ2n) is 11.1. The highest BCUT2D eigenvalue weighted by molar-refractivity contribution is 6.30. The number of nitrogens with one attached hydrogen (secondary N) is 2. The van der Waals surface area contributed by atoms with E-state index in [9.17, 15) is 46.6 Å². The number of aromatic nitrogens is 1. The third kappa shape index (κ3) is 7.40. The Morgan fingerprint density at radius 2 is 1.72 bits per heavy atom. The predicted molar refractivity (Wildman–Crippen MR) is 154 cm³/mol. The van der Waals surface area contributed by atoms with Crippen molar-refractivity contribution in [2.45, 2.75) is 50.2 Å². The number of Topliss-reactive ketones (excluding diaryl/α,β-unsaturated/α-hetero) is 2. The number of carbonyl (C=O) groups excluding carboxylic acids is 4. The highest BCUT2D eigenvalue weighted by Gasteiger charge is 2.43. The molecule has 2 aliphatic rings. The number of carbonyl (C=O) groups is 5. The molecule has 5 rings (SSSR count). The minimum absolute atomic E-state index is 0.0329. The molecule has 3 N–H and O–H groups in total. The normalized spacial score (nSPS) is 19.2. The number of hydrogen-bond donors (Lipinski definition) is 3. The van der Waals surface area contributed by atoms with Crippen LogP contribution in [0, 0.1) is 29.2 Å². The van der Waals surface area contributed by atoms with E-state index in [1.54, 1.807) is 16.8 Å². The van der Waals surface area contributed by atoms with Crippen molar-refractivity contribution < 1.29 is 56.1 Å². The van der Waals surface area contributed by atoms with Crippen LogP contribution in [0.3, 0.4) is 0 Å². The third-order valence-corrected chi connectivity index (χ3v) is 8.19. The van der Waals surface area contributed by atoms with Crippen LogP contribution in [0.2, 0.25) is 5.02 Å². The number of hydrogen-bond acceptors (Lipinski definition) is 7. The first-order valence-electron chi connectivity index (χ1n) is 14.3. The fourth-order valence-electron chi connectivity index (χ4n) is 5.75. The van der Waals surface area contributed by atoms with Crippen molar-refractivity contribution in [3.63, 3.8) is 0 Å². The topological polar surface area (TPSA) is 153 Å². The average molecular weight is 680 g/mol. The number of nitrogens with zero attached hydrogens (tertiary/aromatic N) is 1. The Balaban J connectivity index is 1.29. The van der Waals surface area contributed by atoms with Crippen LogP contribution in [0.15, 0.2) is 42.6 Å². The van der Waals surface area contributed by atoms with Crippen LogP contribution in [0.4, 0.5) is 22.4 Å². The van der Waals surface area contributed by atoms with Crippen LogP contribution in [-0.4, -0.2) is 57.9 Å². The summed E-state index contributed by atoms with van der Waals surface area (Å²) in [4.78, 5) is 64.1. The van der Waals surface area contributed by atoms with Crippen molar-refractivity contribution in [3.8, 4) is 11.5 Å². The molecule has 1 aromatic heterocycles. The molecule has 1 aliphatic carbocycles. The van der Waals surface area contributed by atoms with Gasteiger partial charge in [-0.05, 0) is 48.7 Å². The van der Waals surface area contributed by atoms with Gasteiger partial charge in [0.25, 0.3) is 0 Å². The van der Waals surface area contributed by atoms with Crippen molar-refractivity contribution in [1.82, 2.24) is 15.2 Å². The van der Waals surface area contributed by atoms with E-state index >= 15 is 0 Å². The van der Waals surface area contributed by atoms with Gasteiger partial charge in [0.05, 0.1) is 18.3 Å². The van der Waals surface area contributed by atoms with Crippen molar-refractivity contribution in [2.75, 3.05) is 6.61 Å². The molecule has 47 heavy (non-hydrogen) atoms. The molecule has 4 unspecified atom stereocenters. The predicted octanol–water partition coefficient (Wildman–Crippen LogP) is 4.08. The zero-order valence-corrected chi connectivity index (χ0v) is 25.0. The molecule has 248 valence electrons. The van der Waals surface area contributed by atoms with Gasteiger partial charge in [-0.3, -0.25) is 19.2 Å². The summed E-state index contributed by atoms with van der Waals surface area (Å²) in [5.41, 5.74) is 1.45. The number of aryl methyl sites for hydroxylation is 1. The minimum atomic E-state index is -1.91. The summed E-state index contributed by atoms with van der Waals surface area (Å²) in [6, 6.07) is 5.34. The van der Waals surface area contributed by atoms with Crippen LogP contribution < -0.4 is 20.1 Å². The Kier molecular flexibility index (Phi) is 9.84. The Hall–Kier alpha value is -4.92. The molecule has 4 atom stereocenters. The molecular weight excluding hydrogens is 654 g/mol. The summed E-state index contributed by atoms with van der Waals surface area (Å²) in [7, 11) is 0. The number of benzene rings is 2. The van der Waals surface area contributed by atoms with Crippen molar-refractivity contribution >= 4 is 41.1 Å². The summed E-state index contributed by atoms with van der Waals surface area (Å²) >= 11 is 5.87. The van der Waals surface area contributed by atoms with Crippen molar-refractivity contribution in [3.05, 3.63) is 82.1 Å². The molecule has 11 nitrogen and oxygen atoms in total. The molecule has 2 heterocycles. The first-order valence-corrected chi connectivity index (χ1v) is 14.6. The first-order chi connectivity index (χ1) is 22.3. The van der Waals surface area contributed by atoms with Gasteiger partial charge in [0, 0.05) is 42.0 Å². The van der Waals surface area contributed by atoms with Gasteiger partial charge in [-0.1, -0.05) is 11.6 Å². The third-order valence-electron chi connectivity index (χ3n) is 7.94. The van der Waals surface area contributed by atoms with E-state index in [0.717, 1.165) is 5.56 Å². The number of halogens is 5. The Morgan fingerprint density at radius 1 is 1.04 bits per heavy atom. The molecule has 2 aromatic carbocycles. The number of amides is 2. The monoisotopic (exact) mass is 679 g/mol. The number of carboxylic acids is 1. The van der Waals surface area contributed by atoms with Crippen LogP contribution in [0.5, 0.6) is 11.5 Å². The van der Waals surface area contributed by atoms with Gasteiger partial charge in [0.15, 0.2) is 23.2 Å². The highest BCUT2D eigenvalue weighted by Crippen LogP contribution is 2.38. The van der Waals surface area contributed by atoms with E-state index in [1.807, 2.05) is 0 Å². The van der Waals surface area contributed by atoms with Gasteiger partial charge < -0.3 is 29.8 Å². The lowest BCUT2D eigenvalue weighted by Gasteiger charge is -2.31. The molecular formula is C31H26ClF4N3O8. The second-order valence-corrected chi connectivity index (χ2v) is 11.5. The number of aliphatic carboxylic acids is 1. The molecule has 16 heteroatoms. The molecule has 0 radical (unpaired) electrons. The van der Waals surface area contributed by atoms with Gasteiger partial charge >= 0.3 is 12.1 Å². The Bertz CT molecular complexity index is 1720. The van der Waals surface area contributed by atoms with Gasteiger partial charge in [0.1, 0.15) is 24.2 Å². The highest BCUT2D eigenvalue weighted by atomic mass is 35.5. The molecule has 2 amide bonds. The van der Waals surface area contributed by atoms with E-state index in [1.165, 1.54) is 24.3 Å². The van der Waals surface area contributed by atoms with Crippen LogP contribution in [0.25, 0.3) is 0 Å². The molecule has 0 spiro atoms. The largest absolute Gasteiger partial charge is 0.481 e. The molecule has 0 bridgehead atoms. The maximum Gasteiger partial charge on any atom is 0.412 e. The van der Waals surface area contributed by atoms with Crippen molar-refractivity contribution in [1.29, 1.82) is 0 Å². The van der Waals surface area contributed by atoms with E-state index in [-0.39, 0.29) is 24.8 Å². The lowest BCUT2D eigenvalue weighted by Crippen LogP contribution is -2.47. The molecule has 0 saturated heterocycles. The maximum absolute atomic E-state index is 14.0. The van der Waals surface area contributed by atoms with Crippen LogP contribution >= 0.6 is 11.6 Å². The van der Waals surface area contributed by atoms with Crippen molar-refractivity contribution in [2.24, 2.45) is 5.92 Å². The van der Waals surface area contributed by atoms with Gasteiger partial charge in [0.2, 0.25) is 17.5 Å². The molecule has 1 aliphatic heterocycles. The molecule has 0 saturated carbocycles. The van der Waals surface area contributed by atoms with E-state index < -0.39 is 95.5 Å². The van der Waals surface area contributed by atoms with Gasteiger partial charge in [-0.25, -0.2) is 13.6 Å². The maximum atomic E-state index is 14.0. The second kappa shape index (κ2) is 13.8. The van der Waals surface area contributed by atoms with Gasteiger partial charge in [-0.2, -0.15) is 8.78 Å². The fourth-order valence-corrected chi connectivity index (χ4v) is 5.88. The first kappa shape index (κ1) is 33.4. The number of ketones is 2. The standard InChI is InChI=1S/C31H26ClF4N3O8/c32-16-2-4-17(5-3-16)47-31(45)38-20-6-1-14-7-8-39-12-15(9-22(40)25(20)28(14)39)30(44)37-21(11-24(42)43)23(41)13-46-29-26(35)18(33)10-19(34)27(29)36/h2-5,7-8,10,15,20-21,25H,1,6,9,11-13H2,(H,37,44)(H,38,45)(H,42,43). The average Bonchev–Trinajstić information content (AvgIpc) is 3.35. The van der Waals surface area contributed by atoms with Crippen LogP contribution in [0.1, 0.15) is 36.4 Å². The lowest BCUT2D eigenvalue weighted by atomic mass is 9.79. The summed E-state index contributed by atoms with van der Waals surface area (Å²) in [5.74, 6) is -14.6. The zero-order valence-electron chi connectivity index (χ0n) is 24.2. The Labute approximate surface area is 268 Å². The van der Waals surface area contributed by atoms with Crippen LogP contribution in [-0.2, 0) is 32.1 Å². The molecule has 3 aromatic rings. The smallest absolute Gasteiger partial charge is 0.412 e. The SMILES string of the molecule is O=C(O)CC(NC(=O)C1CC(=O)C2c3c(ccn3C1)CCC2NC(=O)Oc1ccc(Cl)cc1)C(=O)COc1c(F)c(F)cc(F)c1F. The Morgan fingerprint density at radius 3 is 2.38 bits per heavy atom. The summed E-state index contributed by atoms with van der Waals surface area (Å²) in [6.07, 6.45) is 0.473. The van der Waals surface area contributed by atoms with E-state index in [4.69, 9.17) is 16.3 Å². The summed E-state index contributed by atoms with van der Waals surface area (Å²) < 4.78 is 66.7. The fraction of sp³-hybridized carbons (Fsp3) is 0.323. The molecule has 0 fully saturated rings. The minimum Gasteiger partial charge on any atom is -0.481 e. The number of ether oxygens (including phenoxy) is 2. The zero-order chi connectivity index (χ0) is 34.0. The summed E-state index contributed by atoms with van der Waals surface area (Å²) in [5, 5.41) is 14.8. The summed E-state index contributed by atoms with van der Waals surface area (Å²) in [6.45, 7) is -1.28. The quantitative estimate of drug-likeness (QED) is 0.214. The van der Waals surface area contributed by atoms with E-state index in [2.05, 4.69) is 15.4 Å². The lowest BCUT2D eigenvalue weighted by molar-refractivity contribution is -0.141. The van der Waals surface area contributed by atoms with Gasteiger partial charge in [-0.15, -0.1) is 0 Å². The number of rotatable bonds is 10. The number of carboxylic acid groups (broad SMARTS) is 1. The van der Waals surface area contributed by atoms with E-state index in [0.29, 0.717) is 23.6 Å².